The Hall–Kier alpha value is -1.87. The van der Waals surface area contributed by atoms with E-state index in [0.29, 0.717) is 6.42 Å². The molecule has 0 spiro atoms. The first kappa shape index (κ1) is 16.6. The van der Waals surface area contributed by atoms with Gasteiger partial charge in [-0.3, -0.25) is 4.79 Å². The number of hydrogen-bond donors (Lipinski definition) is 3. The highest BCUT2D eigenvalue weighted by Gasteiger charge is 2.44. The maximum Gasteiger partial charge on any atom is 0.635 e. The normalized spacial score (nSPS) is 26.1. The van der Waals surface area contributed by atoms with E-state index in [-0.39, 0.29) is 30.5 Å². The van der Waals surface area contributed by atoms with Crippen molar-refractivity contribution in [3.8, 4) is 0 Å². The number of para-hydroxylation sites is 1. The standard InChI is InChI=1S/C17H20BNO6/c20-17(13-8-11-5-6-15(13)24-11)19-16(25-18(21)22)7-10-9-23-14-4-2-1-3-12(10)14/h1-4,9,11,13,15-16,21-22H,5-8H2,(H,19,20)/t11-,13-,15+,16+/m1/s1. The summed E-state index contributed by atoms with van der Waals surface area (Å²) >= 11 is 0. The number of carbonyl (C=O) groups is 1. The van der Waals surface area contributed by atoms with Crippen LogP contribution in [0.3, 0.4) is 0 Å². The Morgan fingerprint density at radius 2 is 2.20 bits per heavy atom. The molecule has 0 unspecified atom stereocenters. The monoisotopic (exact) mass is 345 g/mol. The van der Waals surface area contributed by atoms with Gasteiger partial charge in [0.1, 0.15) is 11.8 Å². The van der Waals surface area contributed by atoms with Crippen molar-refractivity contribution in [3.05, 3.63) is 36.1 Å². The topological polar surface area (TPSA) is 101 Å². The predicted molar refractivity (Wildman–Crippen MR) is 89.1 cm³/mol. The number of carbonyl (C=O) groups excluding carboxylic acids is 1. The van der Waals surface area contributed by atoms with Crippen LogP contribution in [0.2, 0.25) is 0 Å². The quantitative estimate of drug-likeness (QED) is 0.533. The molecular formula is C17H20BNO6. The van der Waals surface area contributed by atoms with Crippen molar-refractivity contribution in [2.45, 2.75) is 44.1 Å². The highest BCUT2D eigenvalue weighted by molar-refractivity contribution is 6.32. The summed E-state index contributed by atoms with van der Waals surface area (Å²) in [6, 6.07) is 7.52. The van der Waals surface area contributed by atoms with Crippen LogP contribution in [0.5, 0.6) is 0 Å². The first-order chi connectivity index (χ1) is 12.1. The third kappa shape index (κ3) is 3.43. The predicted octanol–water partition coefficient (Wildman–Crippen LogP) is 0.971. The van der Waals surface area contributed by atoms with Crippen molar-refractivity contribution in [1.29, 1.82) is 0 Å². The summed E-state index contributed by atoms with van der Waals surface area (Å²) in [4.78, 5) is 12.6. The third-order valence-electron chi connectivity index (χ3n) is 5.00. The zero-order valence-electron chi connectivity index (χ0n) is 13.6. The van der Waals surface area contributed by atoms with Crippen molar-refractivity contribution < 1.29 is 28.7 Å². The van der Waals surface area contributed by atoms with E-state index in [1.165, 1.54) is 0 Å². The second-order valence-corrected chi connectivity index (χ2v) is 6.64. The Labute approximate surface area is 145 Å². The molecule has 2 aliphatic rings. The Bertz CT molecular complexity index is 762. The molecule has 1 aromatic carbocycles. The lowest BCUT2D eigenvalue weighted by atomic mass is 9.88. The van der Waals surface area contributed by atoms with Gasteiger partial charge in [0.05, 0.1) is 24.4 Å². The fourth-order valence-electron chi connectivity index (χ4n) is 3.85. The number of nitrogens with one attached hydrogen (secondary N) is 1. The fourth-order valence-corrected chi connectivity index (χ4v) is 3.85. The van der Waals surface area contributed by atoms with Gasteiger partial charge < -0.3 is 29.2 Å². The van der Waals surface area contributed by atoms with Crippen LogP contribution in [-0.2, 0) is 20.6 Å². The largest absolute Gasteiger partial charge is 0.635 e. The van der Waals surface area contributed by atoms with Crippen LogP contribution < -0.4 is 5.32 Å². The van der Waals surface area contributed by atoms with Gasteiger partial charge in [-0.1, -0.05) is 18.2 Å². The summed E-state index contributed by atoms with van der Waals surface area (Å²) in [5.74, 6) is -0.382. The van der Waals surface area contributed by atoms with Gasteiger partial charge in [0, 0.05) is 17.4 Å². The number of fused-ring (bicyclic) bond motifs is 3. The number of benzene rings is 1. The summed E-state index contributed by atoms with van der Waals surface area (Å²) in [7, 11) is -1.97. The van der Waals surface area contributed by atoms with Crippen LogP contribution in [0.4, 0.5) is 0 Å². The van der Waals surface area contributed by atoms with Crippen molar-refractivity contribution in [1.82, 2.24) is 5.32 Å². The highest BCUT2D eigenvalue weighted by Crippen LogP contribution is 2.38. The second kappa shape index (κ2) is 6.80. The van der Waals surface area contributed by atoms with E-state index >= 15 is 0 Å². The van der Waals surface area contributed by atoms with E-state index in [2.05, 4.69) is 5.32 Å². The van der Waals surface area contributed by atoms with E-state index in [1.807, 2.05) is 24.3 Å². The van der Waals surface area contributed by atoms with Gasteiger partial charge in [-0.05, 0) is 25.3 Å². The zero-order chi connectivity index (χ0) is 17.4. The third-order valence-corrected chi connectivity index (χ3v) is 5.00. The van der Waals surface area contributed by atoms with Crippen molar-refractivity contribution in [3.63, 3.8) is 0 Å². The van der Waals surface area contributed by atoms with Gasteiger partial charge in [-0.25, -0.2) is 0 Å². The lowest BCUT2D eigenvalue weighted by molar-refractivity contribution is -0.129. The molecule has 7 nitrogen and oxygen atoms in total. The van der Waals surface area contributed by atoms with Crippen LogP contribution >= 0.6 is 0 Å². The minimum absolute atomic E-state index is 0.0422. The lowest BCUT2D eigenvalue weighted by Crippen LogP contribution is -2.46. The minimum Gasteiger partial charge on any atom is -0.464 e. The number of amides is 1. The van der Waals surface area contributed by atoms with Gasteiger partial charge in [0.15, 0.2) is 0 Å². The van der Waals surface area contributed by atoms with Crippen LogP contribution in [0.25, 0.3) is 11.0 Å². The summed E-state index contributed by atoms with van der Waals surface area (Å²) in [6.45, 7) is 0. The summed E-state index contributed by atoms with van der Waals surface area (Å²) in [5.41, 5.74) is 1.55. The average Bonchev–Trinajstić information content (AvgIpc) is 3.30. The molecule has 3 N–H and O–H groups in total. The Morgan fingerprint density at radius 3 is 2.92 bits per heavy atom. The Morgan fingerprint density at radius 1 is 1.36 bits per heavy atom. The fraction of sp³-hybridized carbons (Fsp3) is 0.471. The van der Waals surface area contributed by atoms with Gasteiger partial charge in [0.25, 0.3) is 0 Å². The van der Waals surface area contributed by atoms with Crippen LogP contribution in [0.15, 0.2) is 34.9 Å². The molecule has 1 aromatic heterocycles. The molecule has 2 aromatic rings. The summed E-state index contributed by atoms with van der Waals surface area (Å²) < 4.78 is 16.3. The van der Waals surface area contributed by atoms with Crippen molar-refractivity contribution >= 4 is 24.2 Å². The molecule has 132 valence electrons. The maximum absolute atomic E-state index is 12.6. The second-order valence-electron chi connectivity index (χ2n) is 6.64. The van der Waals surface area contributed by atoms with Gasteiger partial charge >= 0.3 is 7.32 Å². The molecule has 4 rings (SSSR count). The lowest BCUT2D eigenvalue weighted by Gasteiger charge is -2.23. The van der Waals surface area contributed by atoms with Gasteiger partial charge in [-0.15, -0.1) is 0 Å². The number of hydrogen-bond acceptors (Lipinski definition) is 6. The van der Waals surface area contributed by atoms with E-state index in [1.54, 1.807) is 6.26 Å². The van der Waals surface area contributed by atoms with Gasteiger partial charge in [-0.2, -0.15) is 0 Å². The maximum atomic E-state index is 12.6. The van der Waals surface area contributed by atoms with Crippen LogP contribution in [0.1, 0.15) is 24.8 Å². The summed E-state index contributed by atoms with van der Waals surface area (Å²) in [5, 5.41) is 22.0. The first-order valence-electron chi connectivity index (χ1n) is 8.52. The van der Waals surface area contributed by atoms with Gasteiger partial charge in [0.2, 0.25) is 5.91 Å². The SMILES string of the molecule is O=C(N[C@H](Cc1coc2ccccc12)OB(O)O)[C@@H]1C[C@H]2CC[C@@H]1O2. The molecule has 25 heavy (non-hydrogen) atoms. The number of furan rings is 1. The molecule has 2 bridgehead atoms. The highest BCUT2D eigenvalue weighted by atomic mass is 16.6. The van der Waals surface area contributed by atoms with E-state index in [0.717, 1.165) is 29.4 Å². The molecule has 0 aliphatic carbocycles. The smallest absolute Gasteiger partial charge is 0.464 e. The Balaban J connectivity index is 1.47. The average molecular weight is 345 g/mol. The zero-order valence-corrected chi connectivity index (χ0v) is 13.6. The molecule has 0 radical (unpaired) electrons. The molecule has 4 atom stereocenters. The minimum atomic E-state index is -1.97. The van der Waals surface area contributed by atoms with Crippen LogP contribution in [-0.4, -0.2) is 41.7 Å². The van der Waals surface area contributed by atoms with E-state index in [4.69, 9.17) is 13.8 Å². The van der Waals surface area contributed by atoms with Crippen molar-refractivity contribution in [2.75, 3.05) is 0 Å². The first-order valence-corrected chi connectivity index (χ1v) is 8.52. The Kier molecular flexibility index (Phi) is 4.51. The molecule has 2 aliphatic heterocycles. The molecule has 3 heterocycles. The molecule has 2 fully saturated rings. The molecule has 1 amide bonds. The van der Waals surface area contributed by atoms with Crippen LogP contribution in [0, 0.1) is 5.92 Å². The number of rotatable bonds is 6. The molecule has 8 heteroatoms. The summed E-state index contributed by atoms with van der Waals surface area (Å²) in [6.07, 6.45) is 3.72. The molecule has 0 saturated carbocycles. The molecular weight excluding hydrogens is 325 g/mol. The number of ether oxygens (including phenoxy) is 1. The van der Waals surface area contributed by atoms with Crippen molar-refractivity contribution in [2.24, 2.45) is 5.92 Å². The van der Waals surface area contributed by atoms with E-state index < -0.39 is 13.5 Å². The molecule has 2 saturated heterocycles. The van der Waals surface area contributed by atoms with E-state index in [9.17, 15) is 14.8 Å².